The summed E-state index contributed by atoms with van der Waals surface area (Å²) in [7, 11) is 3.44. The fraction of sp³-hybridized carbons (Fsp3) is 0.923. The van der Waals surface area contributed by atoms with Crippen molar-refractivity contribution in [3.05, 3.63) is 0 Å². The van der Waals surface area contributed by atoms with Gasteiger partial charge in [-0.05, 0) is 12.8 Å². The molecule has 0 heterocycles. The zero-order valence-electron chi connectivity index (χ0n) is 11.5. The molecule has 4 heteroatoms. The van der Waals surface area contributed by atoms with Crippen LogP contribution >= 0.6 is 11.6 Å². The Morgan fingerprint density at radius 2 is 2.06 bits per heavy atom. The predicted molar refractivity (Wildman–Crippen MR) is 72.5 cm³/mol. The van der Waals surface area contributed by atoms with E-state index in [1.165, 1.54) is 0 Å². The lowest BCUT2D eigenvalue weighted by Crippen LogP contribution is -2.37. The quantitative estimate of drug-likeness (QED) is 0.599. The van der Waals surface area contributed by atoms with Gasteiger partial charge in [-0.1, -0.05) is 26.7 Å². The van der Waals surface area contributed by atoms with Gasteiger partial charge in [0.05, 0.1) is 12.0 Å². The Balaban J connectivity index is 4.15. The average Bonchev–Trinajstić information content (AvgIpc) is 2.29. The number of hydrogen-bond donors (Lipinski definition) is 0. The Kier molecular flexibility index (Phi) is 9.56. The van der Waals surface area contributed by atoms with Gasteiger partial charge in [0.2, 0.25) is 5.91 Å². The van der Waals surface area contributed by atoms with E-state index in [0.717, 1.165) is 25.7 Å². The van der Waals surface area contributed by atoms with Crippen LogP contribution in [0.1, 0.15) is 39.5 Å². The van der Waals surface area contributed by atoms with Crippen molar-refractivity contribution in [2.45, 2.75) is 44.9 Å². The first-order valence-electron chi connectivity index (χ1n) is 6.44. The van der Waals surface area contributed by atoms with Gasteiger partial charge < -0.3 is 9.64 Å². The molecule has 0 fully saturated rings. The zero-order valence-corrected chi connectivity index (χ0v) is 12.3. The van der Waals surface area contributed by atoms with E-state index in [1.54, 1.807) is 12.0 Å². The summed E-state index contributed by atoms with van der Waals surface area (Å²) < 4.78 is 4.97. The van der Waals surface area contributed by atoms with Crippen molar-refractivity contribution >= 4 is 17.5 Å². The van der Waals surface area contributed by atoms with E-state index in [0.29, 0.717) is 13.2 Å². The van der Waals surface area contributed by atoms with E-state index < -0.39 is 0 Å². The number of halogens is 1. The number of alkyl halides is 1. The molecule has 0 N–H and O–H groups in total. The highest BCUT2D eigenvalue weighted by Gasteiger charge is 2.21. The molecule has 0 saturated heterocycles. The van der Waals surface area contributed by atoms with Gasteiger partial charge in [-0.3, -0.25) is 4.79 Å². The number of methoxy groups -OCH3 is 1. The van der Waals surface area contributed by atoms with Crippen LogP contribution in [0.2, 0.25) is 0 Å². The highest BCUT2D eigenvalue weighted by molar-refractivity contribution is 6.21. The highest BCUT2D eigenvalue weighted by Crippen LogP contribution is 2.15. The maximum absolute atomic E-state index is 12.1. The lowest BCUT2D eigenvalue weighted by molar-refractivity contribution is -0.134. The van der Waals surface area contributed by atoms with Crippen LogP contribution in [-0.4, -0.2) is 43.5 Å². The summed E-state index contributed by atoms with van der Waals surface area (Å²) in [5.74, 6) is 0.356. The molecule has 1 amide bonds. The first-order chi connectivity index (χ1) is 8.06. The zero-order chi connectivity index (χ0) is 13.3. The first kappa shape index (κ1) is 16.7. The number of hydrogen-bond acceptors (Lipinski definition) is 2. The third-order valence-electron chi connectivity index (χ3n) is 2.94. The minimum Gasteiger partial charge on any atom is -0.383 e. The van der Waals surface area contributed by atoms with Crippen LogP contribution in [0, 0.1) is 5.92 Å². The molecule has 0 aliphatic rings. The second-order valence-corrected chi connectivity index (χ2v) is 5.14. The van der Waals surface area contributed by atoms with Crippen molar-refractivity contribution in [2.24, 2.45) is 5.92 Å². The molecule has 3 nitrogen and oxygen atoms in total. The van der Waals surface area contributed by atoms with E-state index in [9.17, 15) is 4.79 Å². The number of nitrogens with zero attached hydrogens (tertiary/aromatic N) is 1. The molecule has 0 aliphatic heterocycles. The summed E-state index contributed by atoms with van der Waals surface area (Å²) in [4.78, 5) is 13.9. The van der Waals surface area contributed by atoms with Gasteiger partial charge in [0.1, 0.15) is 0 Å². The molecule has 0 rings (SSSR count). The maximum atomic E-state index is 12.1. The van der Waals surface area contributed by atoms with Crippen LogP contribution < -0.4 is 0 Å². The molecule has 102 valence electrons. The van der Waals surface area contributed by atoms with Crippen LogP contribution in [0.4, 0.5) is 0 Å². The van der Waals surface area contributed by atoms with Gasteiger partial charge in [0.15, 0.2) is 0 Å². The third-order valence-corrected chi connectivity index (χ3v) is 3.21. The maximum Gasteiger partial charge on any atom is 0.225 e. The molecule has 0 bridgehead atoms. The normalized spacial score (nSPS) is 14.4. The molecule has 0 spiro atoms. The number of carbonyl (C=O) groups excluding carboxylic acids is 1. The van der Waals surface area contributed by atoms with Crippen LogP contribution in [0.15, 0.2) is 0 Å². The van der Waals surface area contributed by atoms with Crippen molar-refractivity contribution in [1.82, 2.24) is 4.90 Å². The van der Waals surface area contributed by atoms with E-state index in [-0.39, 0.29) is 17.2 Å². The Bertz CT molecular complexity index is 212. The molecular formula is C13H26ClNO2. The van der Waals surface area contributed by atoms with Crippen molar-refractivity contribution in [3.8, 4) is 0 Å². The Labute approximate surface area is 110 Å². The number of rotatable bonds is 9. The summed E-state index contributed by atoms with van der Waals surface area (Å²) in [6, 6.07) is 0. The summed E-state index contributed by atoms with van der Waals surface area (Å²) in [5, 5.41) is -0.127. The van der Waals surface area contributed by atoms with Crippen LogP contribution in [-0.2, 0) is 9.53 Å². The van der Waals surface area contributed by atoms with Gasteiger partial charge in [0.25, 0.3) is 0 Å². The SMILES string of the molecule is CCCCC(CC)C(=O)N(C)CC(Cl)COC. The van der Waals surface area contributed by atoms with E-state index in [1.807, 2.05) is 7.05 Å². The van der Waals surface area contributed by atoms with E-state index in [4.69, 9.17) is 16.3 Å². The van der Waals surface area contributed by atoms with Gasteiger partial charge >= 0.3 is 0 Å². The average molecular weight is 264 g/mol. The Morgan fingerprint density at radius 3 is 2.53 bits per heavy atom. The smallest absolute Gasteiger partial charge is 0.225 e. The first-order valence-corrected chi connectivity index (χ1v) is 6.88. The molecule has 2 atom stereocenters. The van der Waals surface area contributed by atoms with Crippen molar-refractivity contribution in [1.29, 1.82) is 0 Å². The second kappa shape index (κ2) is 9.72. The van der Waals surface area contributed by atoms with Crippen molar-refractivity contribution in [3.63, 3.8) is 0 Å². The van der Waals surface area contributed by atoms with Crippen molar-refractivity contribution in [2.75, 3.05) is 27.3 Å². The minimum atomic E-state index is -0.127. The van der Waals surface area contributed by atoms with Gasteiger partial charge in [-0.25, -0.2) is 0 Å². The minimum absolute atomic E-state index is 0.127. The van der Waals surface area contributed by atoms with Gasteiger partial charge in [-0.15, -0.1) is 11.6 Å². The van der Waals surface area contributed by atoms with E-state index >= 15 is 0 Å². The summed E-state index contributed by atoms with van der Waals surface area (Å²) in [5.41, 5.74) is 0. The Hall–Kier alpha value is -0.280. The molecule has 0 aromatic carbocycles. The largest absolute Gasteiger partial charge is 0.383 e. The Morgan fingerprint density at radius 1 is 1.41 bits per heavy atom. The molecule has 2 unspecified atom stereocenters. The molecule has 17 heavy (non-hydrogen) atoms. The number of unbranched alkanes of at least 4 members (excludes halogenated alkanes) is 1. The number of ether oxygens (including phenoxy) is 1. The third kappa shape index (κ3) is 6.89. The van der Waals surface area contributed by atoms with Crippen LogP contribution in [0.25, 0.3) is 0 Å². The molecule has 0 aromatic heterocycles. The fourth-order valence-electron chi connectivity index (χ4n) is 1.89. The summed E-state index contributed by atoms with van der Waals surface area (Å²) in [6.45, 7) is 5.25. The second-order valence-electron chi connectivity index (χ2n) is 4.52. The van der Waals surface area contributed by atoms with Crippen LogP contribution in [0.5, 0.6) is 0 Å². The molecule has 0 aliphatic carbocycles. The fourth-order valence-corrected chi connectivity index (χ4v) is 2.22. The van der Waals surface area contributed by atoms with Crippen molar-refractivity contribution < 1.29 is 9.53 Å². The molecular weight excluding hydrogens is 238 g/mol. The van der Waals surface area contributed by atoms with Gasteiger partial charge in [-0.2, -0.15) is 0 Å². The van der Waals surface area contributed by atoms with E-state index in [2.05, 4.69) is 13.8 Å². The topological polar surface area (TPSA) is 29.5 Å². The highest BCUT2D eigenvalue weighted by atomic mass is 35.5. The summed E-state index contributed by atoms with van der Waals surface area (Å²) in [6.07, 6.45) is 4.13. The molecule has 0 aromatic rings. The number of amides is 1. The lowest BCUT2D eigenvalue weighted by Gasteiger charge is -2.24. The lowest BCUT2D eigenvalue weighted by atomic mass is 9.98. The van der Waals surface area contributed by atoms with Crippen LogP contribution in [0.3, 0.4) is 0 Å². The predicted octanol–water partition coefficient (Wildman–Crippen LogP) is 2.92. The summed E-state index contributed by atoms with van der Waals surface area (Å²) >= 11 is 6.05. The number of carbonyl (C=O) groups is 1. The molecule has 0 radical (unpaired) electrons. The van der Waals surface area contributed by atoms with Gasteiger partial charge in [0, 0.05) is 26.6 Å². The molecule has 0 saturated carbocycles. The monoisotopic (exact) mass is 263 g/mol. The standard InChI is InChI=1S/C13H26ClNO2/c1-5-7-8-11(6-2)13(16)15(3)9-12(14)10-17-4/h11-12H,5-10H2,1-4H3.